The first-order valence-corrected chi connectivity index (χ1v) is 11.6. The summed E-state index contributed by atoms with van der Waals surface area (Å²) in [6.07, 6.45) is 2.59. The molecule has 2 aliphatic rings. The molecule has 2 aliphatic carbocycles. The second-order valence-electron chi connectivity index (χ2n) is 10.1. The van der Waals surface area contributed by atoms with E-state index in [0.29, 0.717) is 5.56 Å². The van der Waals surface area contributed by atoms with Crippen molar-refractivity contribution in [2.24, 2.45) is 23.0 Å². The molecule has 1 aromatic carbocycles. The van der Waals surface area contributed by atoms with E-state index in [2.05, 4.69) is 24.9 Å². The van der Waals surface area contributed by atoms with Crippen LogP contribution in [-0.2, 0) is 13.0 Å². The zero-order valence-electron chi connectivity index (χ0n) is 19.5. The molecule has 5 N–H and O–H groups in total. The minimum Gasteiger partial charge on any atom is -0.393 e. The Kier molecular flexibility index (Phi) is 6.17. The summed E-state index contributed by atoms with van der Waals surface area (Å²) in [4.78, 5) is 5.77. The number of nitrogens with zero attached hydrogens (tertiary/aromatic N) is 3. The van der Waals surface area contributed by atoms with Gasteiger partial charge in [0.15, 0.2) is 5.96 Å². The lowest BCUT2D eigenvalue weighted by atomic mass is 9.59. The van der Waals surface area contributed by atoms with Gasteiger partial charge in [0.25, 0.3) is 0 Å². The number of guanidine groups is 1. The molecule has 0 bridgehead atoms. The molecule has 4 rings (SSSR count). The summed E-state index contributed by atoms with van der Waals surface area (Å²) in [5.41, 5.74) is 10.1. The van der Waals surface area contributed by atoms with E-state index in [1.54, 1.807) is 6.20 Å². The Hall–Kier alpha value is -2.95. The smallest absolute Gasteiger partial charge is 0.190 e. The van der Waals surface area contributed by atoms with Crippen molar-refractivity contribution < 1.29 is 10.2 Å². The van der Waals surface area contributed by atoms with Gasteiger partial charge in [-0.05, 0) is 84.4 Å². The molecule has 7 heteroatoms. The lowest BCUT2D eigenvalue weighted by Gasteiger charge is -2.49. The maximum Gasteiger partial charge on any atom is 0.190 e. The quantitative estimate of drug-likeness (QED) is 0.324. The predicted molar refractivity (Wildman–Crippen MR) is 126 cm³/mol. The minimum atomic E-state index is -1.04. The van der Waals surface area contributed by atoms with Gasteiger partial charge in [-0.25, -0.2) is 0 Å². The van der Waals surface area contributed by atoms with E-state index in [1.165, 1.54) is 4.90 Å². The van der Waals surface area contributed by atoms with Gasteiger partial charge in [0.05, 0.1) is 17.7 Å². The maximum absolute atomic E-state index is 11.8. The summed E-state index contributed by atoms with van der Waals surface area (Å²) < 4.78 is 0. The van der Waals surface area contributed by atoms with E-state index in [1.807, 2.05) is 37.3 Å². The molecule has 1 fully saturated rings. The van der Waals surface area contributed by atoms with E-state index in [-0.39, 0.29) is 41.8 Å². The fraction of sp³-hybridized carbons (Fsp3) is 0.500. The molecule has 1 saturated carbocycles. The van der Waals surface area contributed by atoms with Crippen molar-refractivity contribution in [3.05, 3.63) is 64.5 Å². The second kappa shape index (κ2) is 8.77. The first-order chi connectivity index (χ1) is 15.6. The SMILES string of the molecule is Cc1cc(CN(C(=N)N)C(O)C2c3cc(C#N)ccc3CC23C[C@@H](C)C(O)[C@@H](C)C3)ccn1. The number of fused-ring (bicyclic) bond motifs is 1. The number of rotatable bonds is 4. The molecular weight excluding hydrogens is 414 g/mol. The summed E-state index contributed by atoms with van der Waals surface area (Å²) in [6, 6.07) is 11.7. The minimum absolute atomic E-state index is 0.0850. The average Bonchev–Trinajstić information content (AvgIpc) is 3.07. The van der Waals surface area contributed by atoms with Gasteiger partial charge < -0.3 is 20.8 Å². The monoisotopic (exact) mass is 447 g/mol. The van der Waals surface area contributed by atoms with Gasteiger partial charge >= 0.3 is 0 Å². The number of hydrogen-bond acceptors (Lipinski definition) is 5. The van der Waals surface area contributed by atoms with Crippen LogP contribution in [0.2, 0.25) is 0 Å². The standard InChI is InChI=1S/C26H33N5O2/c1-15-10-26(11-16(2)23(15)32)12-20-5-4-18(13-27)9-21(20)22(26)24(33)31(25(28)29)14-19-6-7-30-17(3)8-19/h4-9,15-16,22-24,32-33H,10-12,14H2,1-3H3,(H3,28,29)/t15-,16+,22?,23?,24?,26?. The number of aliphatic hydroxyl groups is 2. The molecule has 1 aromatic heterocycles. The van der Waals surface area contributed by atoms with Crippen molar-refractivity contribution in [3.63, 3.8) is 0 Å². The molecule has 1 heterocycles. The van der Waals surface area contributed by atoms with Gasteiger partial charge in [-0.1, -0.05) is 19.9 Å². The zero-order valence-corrected chi connectivity index (χ0v) is 19.5. The average molecular weight is 448 g/mol. The zero-order chi connectivity index (χ0) is 23.9. The van der Waals surface area contributed by atoms with Crippen molar-refractivity contribution >= 4 is 5.96 Å². The van der Waals surface area contributed by atoms with Gasteiger partial charge in [-0.2, -0.15) is 5.26 Å². The summed E-state index contributed by atoms with van der Waals surface area (Å²) in [5, 5.41) is 40.3. The number of aliphatic hydroxyl groups excluding tert-OH is 2. The molecule has 0 radical (unpaired) electrons. The van der Waals surface area contributed by atoms with Gasteiger partial charge in [0.1, 0.15) is 6.23 Å². The highest BCUT2D eigenvalue weighted by atomic mass is 16.3. The van der Waals surface area contributed by atoms with Crippen molar-refractivity contribution in [1.29, 1.82) is 10.7 Å². The molecule has 174 valence electrons. The Morgan fingerprint density at radius 2 is 2.00 bits per heavy atom. The van der Waals surface area contributed by atoms with E-state index >= 15 is 0 Å². The highest BCUT2D eigenvalue weighted by Crippen LogP contribution is 2.59. The Morgan fingerprint density at radius 3 is 2.61 bits per heavy atom. The molecule has 2 aromatic rings. The first kappa shape index (κ1) is 23.2. The van der Waals surface area contributed by atoms with Crippen LogP contribution < -0.4 is 5.73 Å². The third-order valence-electron chi connectivity index (χ3n) is 7.68. The number of nitrogens with two attached hydrogens (primary N) is 1. The first-order valence-electron chi connectivity index (χ1n) is 11.6. The van der Waals surface area contributed by atoms with Crippen LogP contribution >= 0.6 is 0 Å². The largest absolute Gasteiger partial charge is 0.393 e. The van der Waals surface area contributed by atoms with E-state index in [4.69, 9.17) is 11.1 Å². The number of nitriles is 1. The Bertz CT molecular complexity index is 1080. The highest BCUT2D eigenvalue weighted by molar-refractivity contribution is 5.75. The van der Waals surface area contributed by atoms with Crippen molar-refractivity contribution in [1.82, 2.24) is 9.88 Å². The van der Waals surface area contributed by atoms with Crippen LogP contribution in [-0.4, -0.2) is 38.4 Å². The summed E-state index contributed by atoms with van der Waals surface area (Å²) >= 11 is 0. The highest BCUT2D eigenvalue weighted by Gasteiger charge is 2.54. The molecule has 0 aliphatic heterocycles. The molecule has 33 heavy (non-hydrogen) atoms. The van der Waals surface area contributed by atoms with Crippen LogP contribution in [0, 0.1) is 40.9 Å². The Labute approximate surface area is 195 Å². The third-order valence-corrected chi connectivity index (χ3v) is 7.68. The topological polar surface area (TPSA) is 130 Å². The van der Waals surface area contributed by atoms with Crippen LogP contribution in [0.15, 0.2) is 36.5 Å². The third kappa shape index (κ3) is 4.21. The molecule has 4 unspecified atom stereocenters. The van der Waals surface area contributed by atoms with Crippen LogP contribution in [0.5, 0.6) is 0 Å². The normalized spacial score (nSPS) is 29.3. The van der Waals surface area contributed by atoms with Crippen molar-refractivity contribution in [2.45, 2.75) is 64.8 Å². The fourth-order valence-corrected chi connectivity index (χ4v) is 6.38. The molecular formula is C26H33N5O2. The molecule has 6 atom stereocenters. The summed E-state index contributed by atoms with van der Waals surface area (Å²) in [7, 11) is 0. The number of nitrogens with one attached hydrogen (secondary N) is 1. The molecule has 1 spiro atoms. The lowest BCUT2D eigenvalue weighted by Crippen LogP contribution is -2.52. The van der Waals surface area contributed by atoms with Crippen LogP contribution in [0.3, 0.4) is 0 Å². The van der Waals surface area contributed by atoms with Gasteiger partial charge in [0.2, 0.25) is 0 Å². The lowest BCUT2D eigenvalue weighted by molar-refractivity contribution is -0.0773. The van der Waals surface area contributed by atoms with Gasteiger partial charge in [-0.3, -0.25) is 10.4 Å². The van der Waals surface area contributed by atoms with Crippen molar-refractivity contribution in [2.75, 3.05) is 0 Å². The van der Waals surface area contributed by atoms with E-state index in [0.717, 1.165) is 41.6 Å². The Balaban J connectivity index is 1.78. The fourth-order valence-electron chi connectivity index (χ4n) is 6.38. The van der Waals surface area contributed by atoms with Crippen LogP contribution in [0.4, 0.5) is 0 Å². The predicted octanol–water partition coefficient (Wildman–Crippen LogP) is 3.03. The number of aromatic nitrogens is 1. The number of pyridine rings is 1. The number of benzene rings is 1. The Morgan fingerprint density at radius 1 is 1.30 bits per heavy atom. The number of hydrogen-bond donors (Lipinski definition) is 4. The van der Waals surface area contributed by atoms with Gasteiger partial charge in [0, 0.05) is 24.4 Å². The maximum atomic E-state index is 11.8. The summed E-state index contributed by atoms with van der Waals surface area (Å²) in [6.45, 7) is 6.32. The van der Waals surface area contributed by atoms with Crippen molar-refractivity contribution in [3.8, 4) is 6.07 Å². The van der Waals surface area contributed by atoms with Crippen LogP contribution in [0.1, 0.15) is 60.6 Å². The van der Waals surface area contributed by atoms with Crippen LogP contribution in [0.25, 0.3) is 0 Å². The van der Waals surface area contributed by atoms with E-state index in [9.17, 15) is 15.5 Å². The molecule has 0 saturated heterocycles. The second-order valence-corrected chi connectivity index (χ2v) is 10.1. The molecule has 0 amide bonds. The van der Waals surface area contributed by atoms with Gasteiger partial charge in [-0.15, -0.1) is 0 Å². The molecule has 7 nitrogen and oxygen atoms in total. The number of aryl methyl sites for hydroxylation is 1. The van der Waals surface area contributed by atoms with E-state index < -0.39 is 6.23 Å². The summed E-state index contributed by atoms with van der Waals surface area (Å²) in [5.74, 6) is -0.359.